The second kappa shape index (κ2) is 58.1. The van der Waals surface area contributed by atoms with Gasteiger partial charge in [-0.2, -0.15) is 40.8 Å². The fourth-order valence-corrected chi connectivity index (χ4v) is 6.59. The minimum atomic E-state index is -0.695. The summed E-state index contributed by atoms with van der Waals surface area (Å²) in [6.45, 7) is 0. The Morgan fingerprint density at radius 3 is 0.593 bits per heavy atom. The maximum atomic E-state index is 11.8. The molecule has 36 heteroatoms. The van der Waals surface area contributed by atoms with E-state index in [2.05, 4.69) is 40.8 Å². The molecule has 8 aromatic rings. The zero-order valence-electron chi connectivity index (χ0n) is 59.7. The van der Waals surface area contributed by atoms with Crippen LogP contribution in [-0.2, 0) is 85.1 Å². The molecule has 0 aliphatic heterocycles. The van der Waals surface area contributed by atoms with Crippen molar-refractivity contribution in [1.29, 1.82) is 0 Å². The number of methoxy groups -OCH3 is 4. The van der Waals surface area contributed by atoms with Gasteiger partial charge in [-0.1, -0.05) is 144 Å². The summed E-state index contributed by atoms with van der Waals surface area (Å²) in [6, 6.07) is 42.8. The zero-order chi connectivity index (χ0) is 78.1. The molecule has 0 bridgehead atoms. The van der Waals surface area contributed by atoms with Crippen molar-refractivity contribution >= 4 is 74.1 Å². The molecule has 0 atom stereocenters. The SMILES string of the molecule is CN(C)C=O.CN(C)C=O.CN(C)C=O.CN(C)C=O.COc1cccc(/C=N/N=C(\[O-])c2ccccc2O)c1[O-].COc1cccc(/C=N/N=C(\[O-])c2ccccc2O)c1[O-].COc1cccc(/C=N/N=C(\[O-])c2ccccc2O)c1[O-].COc1cccc(/C=N/N=C(\[O-])c2ccccc2O)c1[O-].[Ni+2].[Ni+2].[Ni+2].[Ni+2]. The van der Waals surface area contributed by atoms with Crippen LogP contribution < -0.4 is 59.8 Å². The third-order valence-corrected chi connectivity index (χ3v) is 11.7. The smallest absolute Gasteiger partial charge is 0.870 e. The Bertz CT molecular complexity index is 3710. The van der Waals surface area contributed by atoms with Gasteiger partial charge in [-0.05, 0) is 70.8 Å². The van der Waals surface area contributed by atoms with E-state index in [0.29, 0.717) is 0 Å². The number of aromatic hydroxyl groups is 4. The second-order valence-electron chi connectivity index (χ2n) is 20.5. The number of amides is 4. The van der Waals surface area contributed by atoms with Crippen molar-refractivity contribution in [1.82, 2.24) is 19.6 Å². The largest absolute Gasteiger partial charge is 2.00 e. The molecular formula is C72H76N12Ni4O20. The maximum Gasteiger partial charge on any atom is 2.00 e. The van der Waals surface area contributed by atoms with Crippen molar-refractivity contribution in [3.05, 3.63) is 214 Å². The van der Waals surface area contributed by atoms with Crippen LogP contribution in [0.25, 0.3) is 0 Å². The van der Waals surface area contributed by atoms with Crippen LogP contribution in [0, 0.1) is 0 Å². The van der Waals surface area contributed by atoms with Crippen LogP contribution in [0.5, 0.6) is 69.0 Å². The molecule has 0 spiro atoms. The number of carbonyl (C=O) groups excluding carboxylic acids is 4. The van der Waals surface area contributed by atoms with E-state index < -0.39 is 23.6 Å². The molecule has 0 aliphatic carbocycles. The first-order valence-corrected chi connectivity index (χ1v) is 29.7. The van der Waals surface area contributed by atoms with E-state index in [1.807, 2.05) is 0 Å². The molecule has 0 unspecified atom stereocenters. The van der Waals surface area contributed by atoms with E-state index >= 15 is 0 Å². The Balaban J connectivity index is -0.000000607. The first kappa shape index (κ1) is 102. The molecule has 8 aromatic carbocycles. The van der Waals surface area contributed by atoms with E-state index in [1.54, 1.807) is 129 Å². The van der Waals surface area contributed by atoms with E-state index in [9.17, 15) is 80.5 Å². The van der Waals surface area contributed by atoms with Gasteiger partial charge in [0.25, 0.3) is 0 Å². The predicted octanol–water partition coefficient (Wildman–Crippen LogP) is 1.27. The molecule has 0 heterocycles. The number of nitrogens with zero attached hydrogens (tertiary/aromatic N) is 12. The van der Waals surface area contributed by atoms with Gasteiger partial charge in [0, 0.05) is 102 Å². The quantitative estimate of drug-likeness (QED) is 0.0274. The van der Waals surface area contributed by atoms with E-state index in [-0.39, 0.29) is 179 Å². The van der Waals surface area contributed by atoms with E-state index in [1.165, 1.54) is 170 Å². The third kappa shape index (κ3) is 39.0. The molecule has 584 valence electrons. The standard InChI is InChI=1S/4C15H14N2O4.4C3H7NO.4Ni/c4*1-21-13-8-4-5-10(14(13)19)9-16-17-15(20)11-6-2-3-7-12(11)18;4*1-4(2)3-5;;;;/h4*2-9,18-19H,1H3,(H,17,20);4*3H,1-2H3;;;;/q;;;;;;;;4*+2/p-8/b4*16-9+;;;;;;;;. The number of ether oxygens (including phenoxy) is 4. The third-order valence-electron chi connectivity index (χ3n) is 11.7. The normalized spacial score (nSPS) is 10.4. The van der Waals surface area contributed by atoms with Gasteiger partial charge in [0.05, 0.1) is 53.3 Å². The number of rotatable bonds is 20. The summed E-state index contributed by atoms with van der Waals surface area (Å²) in [5, 5.41) is 160. The van der Waals surface area contributed by atoms with Crippen molar-refractivity contribution in [3.8, 4) is 69.0 Å². The number of hydrogen-bond donors (Lipinski definition) is 4. The Kier molecular flexibility index (Phi) is 54.9. The predicted molar refractivity (Wildman–Crippen MR) is 378 cm³/mol. The van der Waals surface area contributed by atoms with Crippen molar-refractivity contribution in [2.45, 2.75) is 0 Å². The molecule has 8 rings (SSSR count). The fourth-order valence-electron chi connectivity index (χ4n) is 6.59. The minimum Gasteiger partial charge on any atom is -0.870 e. The first-order valence-electron chi connectivity index (χ1n) is 29.7. The van der Waals surface area contributed by atoms with Gasteiger partial charge in [0.1, 0.15) is 46.0 Å². The molecule has 4 amide bonds. The van der Waals surface area contributed by atoms with Crippen molar-refractivity contribution < 1.29 is 165 Å². The number of hydrogen-bond acceptors (Lipinski definition) is 28. The van der Waals surface area contributed by atoms with Crippen LogP contribution in [0.2, 0.25) is 0 Å². The Hall–Kier alpha value is -12.2. The number of benzene rings is 8. The van der Waals surface area contributed by atoms with E-state index in [0.717, 1.165) is 25.6 Å². The summed E-state index contributed by atoms with van der Waals surface area (Å²) in [6.07, 6.45) is 7.68. The summed E-state index contributed by atoms with van der Waals surface area (Å²) in [5.74, 6) is -4.09. The summed E-state index contributed by atoms with van der Waals surface area (Å²) in [4.78, 5) is 43.5. The molecule has 0 aliphatic rings. The van der Waals surface area contributed by atoms with Gasteiger partial charge >= 0.3 is 66.0 Å². The van der Waals surface area contributed by atoms with Crippen LogP contribution in [0.4, 0.5) is 0 Å². The molecule has 4 N–H and O–H groups in total. The Morgan fingerprint density at radius 1 is 0.296 bits per heavy atom. The number of phenolic OH excluding ortho intramolecular Hbond substituents is 4. The van der Waals surface area contributed by atoms with Crippen molar-refractivity contribution in [3.63, 3.8) is 0 Å². The molecule has 0 saturated heterocycles. The summed E-state index contributed by atoms with van der Waals surface area (Å²) >= 11 is 0. The number of para-hydroxylation sites is 8. The van der Waals surface area contributed by atoms with E-state index in [4.69, 9.17) is 18.9 Å². The van der Waals surface area contributed by atoms with Crippen molar-refractivity contribution in [2.75, 3.05) is 84.8 Å². The van der Waals surface area contributed by atoms with Gasteiger partial charge in [-0.3, -0.25) is 19.2 Å². The molecule has 0 fully saturated rings. The minimum absolute atomic E-state index is 0. The molecular weight excluding hydrogens is 1590 g/mol. The Labute approximate surface area is 664 Å². The fraction of sp³-hybridized carbons (Fsp3) is 0.167. The molecule has 0 aromatic heterocycles. The van der Waals surface area contributed by atoms with Crippen LogP contribution in [-0.4, -0.2) is 199 Å². The summed E-state index contributed by atoms with van der Waals surface area (Å²) in [5.41, 5.74) is 1.19. The summed E-state index contributed by atoms with van der Waals surface area (Å²) in [7, 11) is 19.1. The average Bonchev–Trinajstić information content (AvgIpc) is 0.872. The van der Waals surface area contributed by atoms with Gasteiger partial charge in [0.15, 0.2) is 0 Å². The van der Waals surface area contributed by atoms with Crippen LogP contribution >= 0.6 is 0 Å². The zero-order valence-corrected chi connectivity index (χ0v) is 63.7. The maximum absolute atomic E-state index is 11.8. The van der Waals surface area contributed by atoms with Crippen LogP contribution in [0.1, 0.15) is 44.5 Å². The van der Waals surface area contributed by atoms with Crippen LogP contribution in [0.15, 0.2) is 211 Å². The molecule has 0 radical (unpaired) electrons. The second-order valence-corrected chi connectivity index (χ2v) is 20.5. The monoisotopic (exact) mass is 1660 g/mol. The van der Waals surface area contributed by atoms with Crippen LogP contribution in [0.3, 0.4) is 0 Å². The Morgan fingerprint density at radius 2 is 0.454 bits per heavy atom. The molecule has 0 saturated carbocycles. The first-order chi connectivity index (χ1) is 49.6. The number of phenols is 4. The number of carbonyl (C=O) groups is 4. The molecule has 108 heavy (non-hydrogen) atoms. The average molecular weight is 1660 g/mol. The van der Waals surface area contributed by atoms with Gasteiger partial charge < -0.3 is 99.8 Å². The van der Waals surface area contributed by atoms with Gasteiger partial charge in [-0.15, -0.1) is 0 Å². The topological polar surface area (TPSA) is 482 Å². The van der Waals surface area contributed by atoms with Crippen molar-refractivity contribution in [2.24, 2.45) is 40.8 Å². The van der Waals surface area contributed by atoms with Gasteiger partial charge in [0.2, 0.25) is 25.6 Å². The molecule has 32 nitrogen and oxygen atoms in total. The van der Waals surface area contributed by atoms with Gasteiger partial charge in [-0.25, -0.2) is 0 Å². The summed E-state index contributed by atoms with van der Waals surface area (Å²) < 4.78 is 19.6.